The fourth-order valence-corrected chi connectivity index (χ4v) is 1.70. The van der Waals surface area contributed by atoms with Gasteiger partial charge in [-0.3, -0.25) is 5.10 Å². The molecule has 0 fully saturated rings. The van der Waals surface area contributed by atoms with Gasteiger partial charge in [0.15, 0.2) is 0 Å². The van der Waals surface area contributed by atoms with Crippen molar-refractivity contribution in [3.63, 3.8) is 0 Å². The molecule has 0 saturated carbocycles. The van der Waals surface area contributed by atoms with Crippen molar-refractivity contribution in [1.82, 2.24) is 10.2 Å². The van der Waals surface area contributed by atoms with Gasteiger partial charge in [0, 0.05) is 11.9 Å². The summed E-state index contributed by atoms with van der Waals surface area (Å²) in [6.07, 6.45) is 2.78. The minimum atomic E-state index is 0.204. The van der Waals surface area contributed by atoms with E-state index in [1.807, 2.05) is 30.3 Å². The molecule has 0 aliphatic carbocycles. The Balaban J connectivity index is 1.93. The van der Waals surface area contributed by atoms with Crippen LogP contribution in [0.3, 0.4) is 0 Å². The average molecular weight is 245 g/mol. The summed E-state index contributed by atoms with van der Waals surface area (Å²) in [6, 6.07) is 10.2. The maximum Gasteiger partial charge on any atom is 0.119 e. The van der Waals surface area contributed by atoms with E-state index < -0.39 is 0 Å². The Hall–Kier alpha value is -1.97. The molecule has 0 radical (unpaired) electrons. The second-order valence-electron chi connectivity index (χ2n) is 4.25. The molecule has 1 heterocycles. The van der Waals surface area contributed by atoms with Gasteiger partial charge in [0.25, 0.3) is 0 Å². The number of H-pyrrole nitrogens is 1. The summed E-state index contributed by atoms with van der Waals surface area (Å²) >= 11 is 0. The third kappa shape index (κ3) is 3.26. The van der Waals surface area contributed by atoms with Gasteiger partial charge in [-0.1, -0.05) is 6.92 Å². The largest absolute Gasteiger partial charge is 0.494 e. The zero-order chi connectivity index (χ0) is 12.8. The first-order valence-corrected chi connectivity index (χ1v) is 6.28. The van der Waals surface area contributed by atoms with Gasteiger partial charge in [-0.05, 0) is 43.7 Å². The van der Waals surface area contributed by atoms with Crippen molar-refractivity contribution in [3.8, 4) is 5.75 Å². The highest BCUT2D eigenvalue weighted by Crippen LogP contribution is 2.20. The second kappa shape index (κ2) is 6.10. The van der Waals surface area contributed by atoms with Crippen LogP contribution >= 0.6 is 0 Å². The van der Waals surface area contributed by atoms with Crippen LogP contribution in [0.4, 0.5) is 5.69 Å². The van der Waals surface area contributed by atoms with Crippen LogP contribution in [-0.2, 0) is 0 Å². The monoisotopic (exact) mass is 245 g/mol. The highest BCUT2D eigenvalue weighted by atomic mass is 16.5. The van der Waals surface area contributed by atoms with Gasteiger partial charge >= 0.3 is 0 Å². The molecule has 2 rings (SSSR count). The van der Waals surface area contributed by atoms with Crippen molar-refractivity contribution in [3.05, 3.63) is 42.2 Å². The van der Waals surface area contributed by atoms with Crippen LogP contribution in [0.2, 0.25) is 0 Å². The number of nitrogens with zero attached hydrogens (tertiary/aromatic N) is 1. The van der Waals surface area contributed by atoms with Crippen LogP contribution in [0.1, 0.15) is 32.0 Å². The summed E-state index contributed by atoms with van der Waals surface area (Å²) < 4.78 is 5.54. The molecule has 4 heteroatoms. The molecule has 1 aromatic heterocycles. The van der Waals surface area contributed by atoms with Gasteiger partial charge in [-0.15, -0.1) is 0 Å². The van der Waals surface area contributed by atoms with E-state index in [1.165, 1.54) is 0 Å². The minimum absolute atomic E-state index is 0.204. The summed E-state index contributed by atoms with van der Waals surface area (Å²) in [6.45, 7) is 4.95. The van der Waals surface area contributed by atoms with E-state index in [2.05, 4.69) is 29.4 Å². The van der Waals surface area contributed by atoms with E-state index in [-0.39, 0.29) is 6.04 Å². The Morgan fingerprint density at radius 3 is 2.67 bits per heavy atom. The summed E-state index contributed by atoms with van der Waals surface area (Å²) in [5, 5.41) is 10.3. The fraction of sp³-hybridized carbons (Fsp3) is 0.357. The molecule has 0 spiro atoms. The number of benzene rings is 1. The molecule has 1 aromatic carbocycles. The molecule has 96 valence electrons. The quantitative estimate of drug-likeness (QED) is 0.820. The molecule has 0 aliphatic rings. The smallest absolute Gasteiger partial charge is 0.119 e. The van der Waals surface area contributed by atoms with Crippen molar-refractivity contribution < 1.29 is 4.74 Å². The van der Waals surface area contributed by atoms with E-state index in [0.717, 1.165) is 30.2 Å². The van der Waals surface area contributed by atoms with Crippen LogP contribution in [-0.4, -0.2) is 16.8 Å². The van der Waals surface area contributed by atoms with Gasteiger partial charge in [0.1, 0.15) is 5.75 Å². The van der Waals surface area contributed by atoms with Crippen molar-refractivity contribution >= 4 is 5.69 Å². The molecule has 1 unspecified atom stereocenters. The fourth-order valence-electron chi connectivity index (χ4n) is 1.70. The lowest BCUT2D eigenvalue weighted by Crippen LogP contribution is -2.07. The Kier molecular flexibility index (Phi) is 4.23. The van der Waals surface area contributed by atoms with E-state index in [9.17, 15) is 0 Å². The Morgan fingerprint density at radius 1 is 1.28 bits per heavy atom. The molecule has 0 bridgehead atoms. The molecule has 1 atom stereocenters. The molecule has 0 aliphatic heterocycles. The molecule has 0 amide bonds. The lowest BCUT2D eigenvalue weighted by Gasteiger charge is -2.14. The topological polar surface area (TPSA) is 49.9 Å². The van der Waals surface area contributed by atoms with Gasteiger partial charge in [-0.2, -0.15) is 5.10 Å². The maximum atomic E-state index is 5.54. The lowest BCUT2D eigenvalue weighted by atomic mass is 10.2. The summed E-state index contributed by atoms with van der Waals surface area (Å²) in [7, 11) is 0. The third-order valence-electron chi connectivity index (χ3n) is 2.70. The summed E-state index contributed by atoms with van der Waals surface area (Å²) in [5.74, 6) is 0.914. The van der Waals surface area contributed by atoms with Crippen LogP contribution in [0.25, 0.3) is 0 Å². The van der Waals surface area contributed by atoms with E-state index >= 15 is 0 Å². The maximum absolute atomic E-state index is 5.54. The number of hydrogen-bond donors (Lipinski definition) is 2. The van der Waals surface area contributed by atoms with Gasteiger partial charge < -0.3 is 10.1 Å². The minimum Gasteiger partial charge on any atom is -0.494 e. The van der Waals surface area contributed by atoms with Crippen LogP contribution in [0.5, 0.6) is 5.75 Å². The summed E-state index contributed by atoms with van der Waals surface area (Å²) in [4.78, 5) is 0. The van der Waals surface area contributed by atoms with Gasteiger partial charge in [-0.25, -0.2) is 0 Å². The average Bonchev–Trinajstić information content (AvgIpc) is 2.92. The zero-order valence-corrected chi connectivity index (χ0v) is 10.8. The van der Waals surface area contributed by atoms with Crippen molar-refractivity contribution in [1.29, 1.82) is 0 Å². The van der Waals surface area contributed by atoms with Crippen LogP contribution in [0.15, 0.2) is 36.5 Å². The molecule has 4 nitrogen and oxygen atoms in total. The van der Waals surface area contributed by atoms with E-state index in [4.69, 9.17) is 4.74 Å². The standard InChI is InChI=1S/C14H19N3O/c1-3-10-18-13-6-4-12(5-7-13)16-11(2)14-8-9-15-17-14/h4-9,11,16H,3,10H2,1-2H3,(H,15,17). The number of aromatic nitrogens is 2. The predicted octanol–water partition coefficient (Wildman–Crippen LogP) is 3.37. The summed E-state index contributed by atoms with van der Waals surface area (Å²) in [5.41, 5.74) is 2.14. The number of anilines is 1. The number of ether oxygens (including phenoxy) is 1. The van der Waals surface area contributed by atoms with Crippen LogP contribution in [0, 0.1) is 0 Å². The third-order valence-corrected chi connectivity index (χ3v) is 2.70. The molecule has 2 aromatic rings. The Labute approximate surface area is 107 Å². The first-order valence-electron chi connectivity index (χ1n) is 6.28. The first kappa shape index (κ1) is 12.5. The van der Waals surface area contributed by atoms with E-state index in [0.29, 0.717) is 0 Å². The van der Waals surface area contributed by atoms with Crippen molar-refractivity contribution in [2.45, 2.75) is 26.3 Å². The zero-order valence-electron chi connectivity index (χ0n) is 10.8. The normalized spacial score (nSPS) is 12.1. The first-order chi connectivity index (χ1) is 8.79. The van der Waals surface area contributed by atoms with E-state index in [1.54, 1.807) is 6.20 Å². The number of rotatable bonds is 6. The number of nitrogens with one attached hydrogen (secondary N) is 2. The molecule has 18 heavy (non-hydrogen) atoms. The Bertz CT molecular complexity index is 450. The lowest BCUT2D eigenvalue weighted by molar-refractivity contribution is 0.317. The molecular formula is C14H19N3O. The SMILES string of the molecule is CCCOc1ccc(NC(C)c2ccn[nH]2)cc1. The Morgan fingerprint density at radius 2 is 2.06 bits per heavy atom. The van der Waals surface area contributed by atoms with Crippen molar-refractivity contribution in [2.75, 3.05) is 11.9 Å². The molecular weight excluding hydrogens is 226 g/mol. The van der Waals surface area contributed by atoms with Crippen LogP contribution < -0.4 is 10.1 Å². The van der Waals surface area contributed by atoms with Gasteiger partial charge in [0.2, 0.25) is 0 Å². The van der Waals surface area contributed by atoms with Gasteiger partial charge in [0.05, 0.1) is 18.3 Å². The second-order valence-corrected chi connectivity index (χ2v) is 4.25. The highest BCUT2D eigenvalue weighted by molar-refractivity contribution is 5.47. The number of aromatic amines is 1. The molecule has 0 saturated heterocycles. The molecule has 2 N–H and O–H groups in total. The van der Waals surface area contributed by atoms with Crippen molar-refractivity contribution in [2.24, 2.45) is 0 Å². The number of hydrogen-bond acceptors (Lipinski definition) is 3. The predicted molar refractivity (Wildman–Crippen MR) is 72.9 cm³/mol. The highest BCUT2D eigenvalue weighted by Gasteiger charge is 2.06.